The summed E-state index contributed by atoms with van der Waals surface area (Å²) < 4.78 is 7.59. The highest BCUT2D eigenvalue weighted by molar-refractivity contribution is 5.99. The minimum absolute atomic E-state index is 0.0614. The van der Waals surface area contributed by atoms with Crippen molar-refractivity contribution in [2.75, 3.05) is 7.05 Å². The molecular formula is C19H20N4O. The minimum Gasteiger partial charge on any atom is -0.461 e. The molecule has 3 aromatic rings. The predicted octanol–water partition coefficient (Wildman–Crippen LogP) is 4.17. The number of rotatable bonds is 3. The third-order valence-corrected chi connectivity index (χ3v) is 4.37. The van der Waals surface area contributed by atoms with Crippen LogP contribution in [-0.2, 0) is 0 Å². The van der Waals surface area contributed by atoms with Crippen LogP contribution in [0.3, 0.4) is 0 Å². The number of hydrogen-bond acceptors (Lipinski definition) is 4. The SMILES string of the molecule is CC(C)n1ncc2c1N=C(c1ccco1)N(C)[C@H]2c1ccccc1. The molecule has 0 N–H and O–H groups in total. The van der Waals surface area contributed by atoms with E-state index in [1.54, 1.807) is 6.26 Å². The molecule has 0 bridgehead atoms. The molecule has 0 unspecified atom stereocenters. The quantitative estimate of drug-likeness (QED) is 0.727. The van der Waals surface area contributed by atoms with Gasteiger partial charge in [-0.05, 0) is 31.5 Å². The molecule has 0 amide bonds. The van der Waals surface area contributed by atoms with Crippen LogP contribution in [0.15, 0.2) is 64.3 Å². The van der Waals surface area contributed by atoms with Crippen LogP contribution in [-0.4, -0.2) is 27.6 Å². The second-order valence-electron chi connectivity index (χ2n) is 6.30. The Bertz CT molecular complexity index is 862. The summed E-state index contributed by atoms with van der Waals surface area (Å²) in [5.74, 6) is 2.49. The number of benzene rings is 1. The van der Waals surface area contributed by atoms with Crippen LogP contribution in [0, 0.1) is 0 Å². The van der Waals surface area contributed by atoms with Gasteiger partial charge in [-0.15, -0.1) is 0 Å². The molecule has 0 spiro atoms. The van der Waals surface area contributed by atoms with Crippen molar-refractivity contribution in [3.63, 3.8) is 0 Å². The lowest BCUT2D eigenvalue weighted by Gasteiger charge is -2.33. The van der Waals surface area contributed by atoms with E-state index in [1.807, 2.05) is 29.1 Å². The number of furan rings is 1. The molecule has 2 aromatic heterocycles. The Kier molecular flexibility index (Phi) is 3.49. The van der Waals surface area contributed by atoms with Crippen molar-refractivity contribution in [3.8, 4) is 0 Å². The molecule has 5 heteroatoms. The maximum absolute atomic E-state index is 5.62. The van der Waals surface area contributed by atoms with Crippen molar-refractivity contribution >= 4 is 11.7 Å². The first kappa shape index (κ1) is 14.8. The fourth-order valence-electron chi connectivity index (χ4n) is 3.24. The van der Waals surface area contributed by atoms with Crippen LogP contribution < -0.4 is 0 Å². The largest absolute Gasteiger partial charge is 0.461 e. The van der Waals surface area contributed by atoms with Gasteiger partial charge in [0, 0.05) is 18.7 Å². The first-order chi connectivity index (χ1) is 11.7. The fourth-order valence-corrected chi connectivity index (χ4v) is 3.24. The zero-order chi connectivity index (χ0) is 16.7. The average Bonchev–Trinajstić information content (AvgIpc) is 3.24. The molecule has 1 aliphatic rings. The third kappa shape index (κ3) is 2.24. The number of nitrogens with zero attached hydrogens (tertiary/aromatic N) is 4. The van der Waals surface area contributed by atoms with Crippen LogP contribution in [0.25, 0.3) is 0 Å². The van der Waals surface area contributed by atoms with E-state index in [0.717, 1.165) is 23.0 Å². The zero-order valence-electron chi connectivity index (χ0n) is 14.0. The van der Waals surface area contributed by atoms with Crippen molar-refractivity contribution < 1.29 is 4.42 Å². The number of aliphatic imine (C=N–C) groups is 1. The first-order valence-electron chi connectivity index (χ1n) is 8.14. The zero-order valence-corrected chi connectivity index (χ0v) is 14.0. The molecule has 0 radical (unpaired) electrons. The van der Waals surface area contributed by atoms with E-state index in [9.17, 15) is 0 Å². The molecule has 5 nitrogen and oxygen atoms in total. The normalized spacial score (nSPS) is 17.1. The van der Waals surface area contributed by atoms with Gasteiger partial charge in [-0.25, -0.2) is 9.67 Å². The van der Waals surface area contributed by atoms with E-state index in [1.165, 1.54) is 5.56 Å². The average molecular weight is 320 g/mol. The number of amidine groups is 1. The molecule has 122 valence electrons. The highest BCUT2D eigenvalue weighted by Gasteiger charge is 2.33. The van der Waals surface area contributed by atoms with E-state index < -0.39 is 0 Å². The smallest absolute Gasteiger partial charge is 0.174 e. The van der Waals surface area contributed by atoms with Gasteiger partial charge in [0.15, 0.2) is 17.4 Å². The van der Waals surface area contributed by atoms with E-state index in [0.29, 0.717) is 0 Å². The summed E-state index contributed by atoms with van der Waals surface area (Å²) in [7, 11) is 2.05. The maximum atomic E-state index is 5.62. The van der Waals surface area contributed by atoms with Crippen molar-refractivity contribution in [3.05, 3.63) is 71.8 Å². The second-order valence-corrected chi connectivity index (χ2v) is 6.30. The van der Waals surface area contributed by atoms with E-state index >= 15 is 0 Å². The Morgan fingerprint density at radius 2 is 1.88 bits per heavy atom. The second kappa shape index (κ2) is 5.67. The highest BCUT2D eigenvalue weighted by Crippen LogP contribution is 2.40. The van der Waals surface area contributed by atoms with Gasteiger partial charge in [0.2, 0.25) is 0 Å². The van der Waals surface area contributed by atoms with Crippen LogP contribution in [0.1, 0.15) is 42.8 Å². The molecule has 4 rings (SSSR count). The van der Waals surface area contributed by atoms with Gasteiger partial charge < -0.3 is 9.32 Å². The molecular weight excluding hydrogens is 300 g/mol. The number of fused-ring (bicyclic) bond motifs is 1. The lowest BCUT2D eigenvalue weighted by molar-refractivity contribution is 0.406. The third-order valence-electron chi connectivity index (χ3n) is 4.37. The summed E-state index contributed by atoms with van der Waals surface area (Å²) in [6.07, 6.45) is 3.62. The Morgan fingerprint density at radius 3 is 2.54 bits per heavy atom. The predicted molar refractivity (Wildman–Crippen MR) is 93.6 cm³/mol. The molecule has 3 heterocycles. The first-order valence-corrected chi connectivity index (χ1v) is 8.14. The van der Waals surface area contributed by atoms with Crippen molar-refractivity contribution in [1.82, 2.24) is 14.7 Å². The Hall–Kier alpha value is -2.82. The molecule has 1 aromatic carbocycles. The van der Waals surface area contributed by atoms with Gasteiger partial charge in [-0.3, -0.25) is 0 Å². The van der Waals surface area contributed by atoms with Crippen LogP contribution in [0.4, 0.5) is 5.82 Å². The van der Waals surface area contributed by atoms with Crippen LogP contribution in [0.2, 0.25) is 0 Å². The molecule has 0 fully saturated rings. The minimum atomic E-state index is 0.0614. The lowest BCUT2D eigenvalue weighted by Crippen LogP contribution is -2.34. The van der Waals surface area contributed by atoms with Gasteiger partial charge in [-0.2, -0.15) is 5.10 Å². The standard InChI is InChI=1S/C19H20N4O/c1-13(2)23-18-15(12-20-23)17(14-8-5-4-6-9-14)22(3)19(21-18)16-10-7-11-24-16/h4-13,17H,1-3H3/t17-/m0/s1. The topological polar surface area (TPSA) is 46.6 Å². The highest BCUT2D eigenvalue weighted by atomic mass is 16.3. The van der Waals surface area contributed by atoms with E-state index in [4.69, 9.17) is 9.41 Å². The van der Waals surface area contributed by atoms with Gasteiger partial charge in [0.05, 0.1) is 18.5 Å². The van der Waals surface area contributed by atoms with Gasteiger partial charge in [0.1, 0.15) is 0 Å². The summed E-state index contributed by atoms with van der Waals surface area (Å²) in [6, 6.07) is 14.6. The molecule has 1 aliphatic heterocycles. The van der Waals surface area contributed by atoms with Gasteiger partial charge in [0.25, 0.3) is 0 Å². The van der Waals surface area contributed by atoms with Crippen LogP contribution >= 0.6 is 0 Å². The van der Waals surface area contributed by atoms with Crippen molar-refractivity contribution in [2.24, 2.45) is 4.99 Å². The lowest BCUT2D eigenvalue weighted by atomic mass is 9.97. The van der Waals surface area contributed by atoms with Crippen molar-refractivity contribution in [2.45, 2.75) is 25.9 Å². The number of aromatic nitrogens is 2. The molecule has 24 heavy (non-hydrogen) atoms. The van der Waals surface area contributed by atoms with Gasteiger partial charge >= 0.3 is 0 Å². The summed E-state index contributed by atoms with van der Waals surface area (Å²) >= 11 is 0. The summed E-state index contributed by atoms with van der Waals surface area (Å²) in [4.78, 5) is 7.03. The summed E-state index contributed by atoms with van der Waals surface area (Å²) in [6.45, 7) is 4.23. The maximum Gasteiger partial charge on any atom is 0.174 e. The summed E-state index contributed by atoms with van der Waals surface area (Å²) in [5.41, 5.74) is 2.33. The van der Waals surface area contributed by atoms with Gasteiger partial charge in [-0.1, -0.05) is 30.3 Å². The molecule has 0 aliphatic carbocycles. The van der Waals surface area contributed by atoms with Crippen molar-refractivity contribution in [1.29, 1.82) is 0 Å². The molecule has 0 saturated heterocycles. The Balaban J connectivity index is 1.92. The van der Waals surface area contributed by atoms with E-state index in [-0.39, 0.29) is 12.1 Å². The van der Waals surface area contributed by atoms with Crippen LogP contribution in [0.5, 0.6) is 0 Å². The Labute approximate surface area is 141 Å². The van der Waals surface area contributed by atoms with E-state index in [2.05, 4.69) is 55.2 Å². The molecule has 0 saturated carbocycles. The fraction of sp³-hybridized carbons (Fsp3) is 0.263. The Morgan fingerprint density at radius 1 is 1.08 bits per heavy atom. The monoisotopic (exact) mass is 320 g/mol. The number of hydrogen-bond donors (Lipinski definition) is 0. The molecule has 1 atom stereocenters. The summed E-state index contributed by atoms with van der Waals surface area (Å²) in [5, 5.41) is 4.58.